The van der Waals surface area contributed by atoms with Gasteiger partial charge in [0.05, 0.1) is 12.2 Å². The van der Waals surface area contributed by atoms with E-state index < -0.39 is 12.1 Å². The Kier molecular flexibility index (Phi) is 3.12. The molecule has 12 heavy (non-hydrogen) atoms. The molecule has 70 valence electrons. The molecule has 0 spiro atoms. The van der Waals surface area contributed by atoms with E-state index in [2.05, 4.69) is 0 Å². The van der Waals surface area contributed by atoms with Crippen molar-refractivity contribution >= 4 is 7.85 Å². The van der Waals surface area contributed by atoms with E-state index in [9.17, 15) is 10.2 Å². The highest BCUT2D eigenvalue weighted by Gasteiger charge is 2.54. The van der Waals surface area contributed by atoms with Crippen LogP contribution < -0.4 is 0 Å². The van der Waals surface area contributed by atoms with Crippen molar-refractivity contribution in [1.29, 1.82) is 0 Å². The van der Waals surface area contributed by atoms with Gasteiger partial charge in [-0.05, 0) is 0 Å². The third-order valence-electron chi connectivity index (χ3n) is 2.52. The third-order valence-corrected chi connectivity index (χ3v) is 2.52. The van der Waals surface area contributed by atoms with Crippen molar-refractivity contribution in [1.82, 2.24) is 0 Å². The Labute approximate surface area is 72.6 Å². The first-order chi connectivity index (χ1) is 5.63. The molecular formula is C7H15BO4. The highest BCUT2D eigenvalue weighted by atomic mass is 16.5. The third kappa shape index (κ3) is 1.64. The molecule has 0 aromatic carbocycles. The molecule has 4 unspecified atom stereocenters. The smallest absolute Gasteiger partial charge is 0.142 e. The van der Waals surface area contributed by atoms with Gasteiger partial charge >= 0.3 is 0 Å². The first kappa shape index (κ1) is 9.99. The fraction of sp³-hybridized carbons (Fsp3) is 1.00. The first-order valence-corrected chi connectivity index (χ1v) is 4.13. The standard InChI is InChI=1S/C7H15BO4/c1-12-6(7(8)11)4-3(2-9)5(4)10/h3-7,9-11H,2,8H2,1H3/t3-,4?,5?,6?,7?/m0/s1. The number of hydrogen-bond donors (Lipinski definition) is 3. The molecule has 5 heteroatoms. The number of hydrogen-bond acceptors (Lipinski definition) is 4. The summed E-state index contributed by atoms with van der Waals surface area (Å²) in [6.07, 6.45) is -0.883. The summed E-state index contributed by atoms with van der Waals surface area (Å²) in [5.41, 5.74) is 0. The van der Waals surface area contributed by atoms with Crippen LogP contribution in [0.5, 0.6) is 0 Å². The number of ether oxygens (including phenoxy) is 1. The molecule has 0 aliphatic heterocycles. The fourth-order valence-corrected chi connectivity index (χ4v) is 1.72. The molecule has 0 aromatic rings. The van der Waals surface area contributed by atoms with Gasteiger partial charge in [-0.25, -0.2) is 0 Å². The molecule has 3 N–H and O–H groups in total. The van der Waals surface area contributed by atoms with Crippen LogP contribution in [0.15, 0.2) is 0 Å². The van der Waals surface area contributed by atoms with Gasteiger partial charge in [0, 0.05) is 31.6 Å². The lowest BCUT2D eigenvalue weighted by molar-refractivity contribution is 0.00123. The van der Waals surface area contributed by atoms with Crippen molar-refractivity contribution in [3.8, 4) is 0 Å². The molecule has 0 heterocycles. The molecule has 1 aliphatic carbocycles. The summed E-state index contributed by atoms with van der Waals surface area (Å²) >= 11 is 0. The van der Waals surface area contributed by atoms with Crippen LogP contribution in [0.2, 0.25) is 0 Å². The summed E-state index contributed by atoms with van der Waals surface area (Å²) in [6, 6.07) is -0.605. The molecule has 0 bridgehead atoms. The molecular weight excluding hydrogens is 159 g/mol. The SMILES string of the molecule is BC(O)C(OC)C1C(O)[C@H]1CO. The molecule has 5 atom stereocenters. The maximum atomic E-state index is 9.29. The van der Waals surface area contributed by atoms with Crippen LogP contribution in [-0.2, 0) is 4.74 Å². The average Bonchev–Trinajstić information content (AvgIpc) is 2.63. The molecule has 1 saturated carbocycles. The Bertz CT molecular complexity index is 152. The van der Waals surface area contributed by atoms with Crippen LogP contribution in [0, 0.1) is 11.8 Å². The van der Waals surface area contributed by atoms with Gasteiger partial charge < -0.3 is 20.1 Å². The molecule has 0 aromatic heterocycles. The lowest BCUT2D eigenvalue weighted by atomic mass is 9.91. The van der Waals surface area contributed by atoms with Gasteiger partial charge in [-0.3, -0.25) is 0 Å². The zero-order valence-corrected chi connectivity index (χ0v) is 7.34. The van der Waals surface area contributed by atoms with Crippen LogP contribution in [0.25, 0.3) is 0 Å². The van der Waals surface area contributed by atoms with E-state index in [4.69, 9.17) is 9.84 Å². The van der Waals surface area contributed by atoms with Crippen LogP contribution in [0.4, 0.5) is 0 Å². The van der Waals surface area contributed by atoms with Gasteiger partial charge in [-0.1, -0.05) is 0 Å². The fourth-order valence-electron chi connectivity index (χ4n) is 1.72. The van der Waals surface area contributed by atoms with Crippen molar-refractivity contribution in [2.45, 2.75) is 18.2 Å². The van der Waals surface area contributed by atoms with Gasteiger partial charge in [0.15, 0.2) is 0 Å². The molecule has 1 aliphatic rings. The topological polar surface area (TPSA) is 69.9 Å². The lowest BCUT2D eigenvalue weighted by Crippen LogP contribution is -2.32. The molecule has 0 amide bonds. The quantitative estimate of drug-likeness (QED) is 0.414. The van der Waals surface area contributed by atoms with Crippen LogP contribution in [-0.4, -0.2) is 55.1 Å². The number of aliphatic hydroxyl groups excluding tert-OH is 3. The molecule has 4 nitrogen and oxygen atoms in total. The highest BCUT2D eigenvalue weighted by molar-refractivity contribution is 6.11. The minimum atomic E-state index is -0.605. The monoisotopic (exact) mass is 174 g/mol. The Balaban J connectivity index is 2.47. The highest BCUT2D eigenvalue weighted by Crippen LogP contribution is 2.42. The van der Waals surface area contributed by atoms with Gasteiger partial charge in [0.25, 0.3) is 0 Å². The van der Waals surface area contributed by atoms with E-state index in [1.807, 2.05) is 0 Å². The summed E-state index contributed by atoms with van der Waals surface area (Å²) in [4.78, 5) is 0. The van der Waals surface area contributed by atoms with E-state index in [0.717, 1.165) is 0 Å². The zero-order valence-electron chi connectivity index (χ0n) is 7.34. The molecule has 0 radical (unpaired) electrons. The largest absolute Gasteiger partial charge is 0.400 e. The predicted octanol–water partition coefficient (Wildman–Crippen LogP) is -2.45. The Hall–Kier alpha value is -0.0951. The second kappa shape index (κ2) is 3.74. The van der Waals surface area contributed by atoms with Gasteiger partial charge in [0.1, 0.15) is 7.85 Å². The number of methoxy groups -OCH3 is 1. The van der Waals surface area contributed by atoms with Crippen LogP contribution in [0.1, 0.15) is 0 Å². The summed E-state index contributed by atoms with van der Waals surface area (Å²) < 4.78 is 5.02. The minimum Gasteiger partial charge on any atom is -0.400 e. The van der Waals surface area contributed by atoms with Crippen molar-refractivity contribution in [2.24, 2.45) is 11.8 Å². The van der Waals surface area contributed by atoms with Crippen molar-refractivity contribution < 1.29 is 20.1 Å². The maximum absolute atomic E-state index is 9.29. The number of aliphatic hydroxyl groups is 3. The molecule has 1 rings (SSSR count). The zero-order chi connectivity index (χ0) is 9.30. The Morgan fingerprint density at radius 2 is 2.17 bits per heavy atom. The van der Waals surface area contributed by atoms with Crippen LogP contribution >= 0.6 is 0 Å². The predicted molar refractivity (Wildman–Crippen MR) is 45.4 cm³/mol. The second-order valence-corrected chi connectivity index (χ2v) is 3.36. The Morgan fingerprint density at radius 1 is 1.58 bits per heavy atom. The number of rotatable bonds is 4. The first-order valence-electron chi connectivity index (χ1n) is 4.13. The van der Waals surface area contributed by atoms with Gasteiger partial charge in [0.2, 0.25) is 0 Å². The average molecular weight is 174 g/mol. The molecule has 1 fully saturated rings. The minimum absolute atomic E-state index is 0.0432. The van der Waals surface area contributed by atoms with Gasteiger partial charge in [-0.15, -0.1) is 0 Å². The van der Waals surface area contributed by atoms with Crippen molar-refractivity contribution in [2.75, 3.05) is 13.7 Å². The summed E-state index contributed by atoms with van der Waals surface area (Å²) in [7, 11) is 3.12. The van der Waals surface area contributed by atoms with E-state index in [1.165, 1.54) is 7.11 Å². The van der Waals surface area contributed by atoms with E-state index in [-0.39, 0.29) is 24.5 Å². The van der Waals surface area contributed by atoms with Crippen molar-refractivity contribution in [3.63, 3.8) is 0 Å². The van der Waals surface area contributed by atoms with Crippen LogP contribution in [0.3, 0.4) is 0 Å². The second-order valence-electron chi connectivity index (χ2n) is 3.36. The van der Waals surface area contributed by atoms with E-state index in [1.54, 1.807) is 7.85 Å². The molecule has 0 saturated heterocycles. The van der Waals surface area contributed by atoms with E-state index in [0.29, 0.717) is 0 Å². The summed E-state index contributed by atoms with van der Waals surface area (Å²) in [6.45, 7) is -0.0432. The van der Waals surface area contributed by atoms with Crippen molar-refractivity contribution in [3.05, 3.63) is 0 Å². The lowest BCUT2D eigenvalue weighted by Gasteiger charge is -2.17. The maximum Gasteiger partial charge on any atom is 0.142 e. The van der Waals surface area contributed by atoms with Gasteiger partial charge in [-0.2, -0.15) is 0 Å². The Morgan fingerprint density at radius 3 is 2.42 bits per heavy atom. The summed E-state index contributed by atoms with van der Waals surface area (Å²) in [5.74, 6) is -0.232. The normalized spacial score (nSPS) is 39.2. The summed E-state index contributed by atoms with van der Waals surface area (Å²) in [5, 5.41) is 27.3. The van der Waals surface area contributed by atoms with E-state index >= 15 is 0 Å².